The van der Waals surface area contributed by atoms with Crippen LogP contribution in [0.15, 0.2) is 72.8 Å². The van der Waals surface area contributed by atoms with Crippen LogP contribution < -0.4 is 25.6 Å². The average Bonchev–Trinajstić information content (AvgIpc) is 2.74. The summed E-state index contributed by atoms with van der Waals surface area (Å²) in [5.41, 5.74) is 3.76. The lowest BCUT2D eigenvalue weighted by atomic mass is 10.1. The van der Waals surface area contributed by atoms with Crippen molar-refractivity contribution in [1.29, 1.82) is 0 Å². The van der Waals surface area contributed by atoms with E-state index in [0.717, 1.165) is 17.1 Å². The molecule has 0 aliphatic heterocycles. The van der Waals surface area contributed by atoms with Gasteiger partial charge in [0.25, 0.3) is 5.91 Å². The highest BCUT2D eigenvalue weighted by molar-refractivity contribution is 7.80. The van der Waals surface area contributed by atoms with E-state index in [1.807, 2.05) is 73.6 Å². The Morgan fingerprint density at radius 1 is 0.867 bits per heavy atom. The predicted molar refractivity (Wildman–Crippen MR) is 128 cm³/mol. The van der Waals surface area contributed by atoms with Crippen LogP contribution in [-0.4, -0.2) is 32.2 Å². The van der Waals surface area contributed by atoms with Crippen molar-refractivity contribution in [2.75, 3.05) is 42.1 Å². The molecule has 0 unspecified atom stereocenters. The van der Waals surface area contributed by atoms with Crippen LogP contribution in [0.4, 0.5) is 22.7 Å². The fraction of sp³-hybridized carbons (Fsp3) is 0.130. The second kappa shape index (κ2) is 9.76. The molecule has 0 aliphatic carbocycles. The van der Waals surface area contributed by atoms with Crippen molar-refractivity contribution in [1.82, 2.24) is 0 Å². The summed E-state index contributed by atoms with van der Waals surface area (Å²) < 4.78 is 5.40. The van der Waals surface area contributed by atoms with E-state index in [0.29, 0.717) is 22.1 Å². The Labute approximate surface area is 181 Å². The number of amides is 1. The van der Waals surface area contributed by atoms with Crippen molar-refractivity contribution in [2.45, 2.75) is 0 Å². The Hall–Kier alpha value is -3.58. The lowest BCUT2D eigenvalue weighted by Crippen LogP contribution is -2.20. The standard InChI is InChI=1S/C23H24N4O2S/c1-27(2)19-12-10-18(11-13-19)25-23(30)26-20-15-16(9-14-21(20)29-3)22(28)24-17-7-5-4-6-8-17/h4-15H,1-3H3,(H,24,28)(H2,25,26,30). The third-order valence-electron chi connectivity index (χ3n) is 4.38. The maximum Gasteiger partial charge on any atom is 0.255 e. The van der Waals surface area contributed by atoms with Gasteiger partial charge in [0.05, 0.1) is 12.8 Å². The predicted octanol–water partition coefficient (Wildman–Crippen LogP) is 4.82. The molecule has 0 atom stereocenters. The lowest BCUT2D eigenvalue weighted by molar-refractivity contribution is 0.102. The van der Waals surface area contributed by atoms with Gasteiger partial charge in [-0.15, -0.1) is 0 Å². The Kier molecular flexibility index (Phi) is 6.87. The van der Waals surface area contributed by atoms with Crippen LogP contribution in [0.3, 0.4) is 0 Å². The van der Waals surface area contributed by atoms with Gasteiger partial charge in [-0.25, -0.2) is 0 Å². The molecule has 0 aromatic heterocycles. The van der Waals surface area contributed by atoms with Crippen molar-refractivity contribution < 1.29 is 9.53 Å². The molecule has 3 aromatic rings. The third-order valence-corrected chi connectivity index (χ3v) is 4.59. The van der Waals surface area contributed by atoms with Gasteiger partial charge < -0.3 is 25.6 Å². The second-order valence-corrected chi connectivity index (χ2v) is 7.16. The van der Waals surface area contributed by atoms with Crippen LogP contribution in [0.5, 0.6) is 5.75 Å². The van der Waals surface area contributed by atoms with Gasteiger partial charge in [-0.1, -0.05) is 18.2 Å². The Balaban J connectivity index is 1.71. The average molecular weight is 421 g/mol. The summed E-state index contributed by atoms with van der Waals surface area (Å²) in [6.45, 7) is 0. The minimum absolute atomic E-state index is 0.218. The quantitative estimate of drug-likeness (QED) is 0.497. The van der Waals surface area contributed by atoms with E-state index in [1.54, 1.807) is 25.3 Å². The normalized spacial score (nSPS) is 10.1. The molecule has 7 heteroatoms. The van der Waals surface area contributed by atoms with Gasteiger partial charge in [0.15, 0.2) is 5.11 Å². The van der Waals surface area contributed by atoms with Gasteiger partial charge in [-0.2, -0.15) is 0 Å². The zero-order chi connectivity index (χ0) is 21.5. The van der Waals surface area contributed by atoms with E-state index >= 15 is 0 Å². The first-order valence-electron chi connectivity index (χ1n) is 9.36. The molecule has 0 bridgehead atoms. The number of nitrogens with zero attached hydrogens (tertiary/aromatic N) is 1. The fourth-order valence-corrected chi connectivity index (χ4v) is 3.03. The molecule has 6 nitrogen and oxygen atoms in total. The van der Waals surface area contributed by atoms with Crippen LogP contribution in [0.2, 0.25) is 0 Å². The molecule has 0 radical (unpaired) electrons. The highest BCUT2D eigenvalue weighted by Gasteiger charge is 2.12. The van der Waals surface area contributed by atoms with E-state index in [-0.39, 0.29) is 5.91 Å². The molecule has 0 fully saturated rings. The molecule has 3 aromatic carbocycles. The second-order valence-electron chi connectivity index (χ2n) is 6.76. The number of carbonyl (C=O) groups is 1. The number of para-hydroxylation sites is 1. The number of anilines is 4. The SMILES string of the molecule is COc1ccc(C(=O)Nc2ccccc2)cc1NC(=S)Nc1ccc(N(C)C)cc1. The number of carbonyl (C=O) groups excluding carboxylic acids is 1. The topological polar surface area (TPSA) is 65.6 Å². The van der Waals surface area contributed by atoms with E-state index in [9.17, 15) is 4.79 Å². The molecule has 0 saturated heterocycles. The molecule has 1 amide bonds. The molecule has 30 heavy (non-hydrogen) atoms. The van der Waals surface area contributed by atoms with Crippen molar-refractivity contribution in [3.05, 3.63) is 78.4 Å². The largest absolute Gasteiger partial charge is 0.495 e. The summed E-state index contributed by atoms with van der Waals surface area (Å²) in [5.74, 6) is 0.364. The van der Waals surface area contributed by atoms with Crippen molar-refractivity contribution in [3.63, 3.8) is 0 Å². The zero-order valence-corrected chi connectivity index (χ0v) is 17.9. The highest BCUT2D eigenvalue weighted by atomic mass is 32.1. The number of nitrogens with one attached hydrogen (secondary N) is 3. The third kappa shape index (κ3) is 5.48. The minimum atomic E-state index is -0.218. The monoisotopic (exact) mass is 420 g/mol. The summed E-state index contributed by atoms with van der Waals surface area (Å²) in [6, 6.07) is 22.3. The number of methoxy groups -OCH3 is 1. The van der Waals surface area contributed by atoms with Crippen molar-refractivity contribution in [3.8, 4) is 5.75 Å². The number of hydrogen-bond acceptors (Lipinski definition) is 4. The smallest absolute Gasteiger partial charge is 0.255 e. The van der Waals surface area contributed by atoms with Crippen molar-refractivity contribution in [2.24, 2.45) is 0 Å². The van der Waals surface area contributed by atoms with Gasteiger partial charge in [0.1, 0.15) is 5.75 Å². The van der Waals surface area contributed by atoms with Gasteiger partial charge in [-0.3, -0.25) is 4.79 Å². The molecule has 0 aliphatic rings. The zero-order valence-electron chi connectivity index (χ0n) is 17.1. The highest BCUT2D eigenvalue weighted by Crippen LogP contribution is 2.26. The number of benzene rings is 3. The molecular formula is C23H24N4O2S. The van der Waals surface area contributed by atoms with Crippen molar-refractivity contribution >= 4 is 46.0 Å². The molecular weight excluding hydrogens is 396 g/mol. The number of hydrogen-bond donors (Lipinski definition) is 3. The molecule has 0 saturated carbocycles. The summed E-state index contributed by atoms with van der Waals surface area (Å²) in [7, 11) is 5.55. The summed E-state index contributed by atoms with van der Waals surface area (Å²) in [4.78, 5) is 14.6. The van der Waals surface area contributed by atoms with Crippen LogP contribution in [0, 0.1) is 0 Å². The van der Waals surface area contributed by atoms with Gasteiger partial charge in [0.2, 0.25) is 0 Å². The van der Waals surface area contributed by atoms with Gasteiger partial charge in [-0.05, 0) is 66.8 Å². The first kappa shape index (κ1) is 21.1. The Morgan fingerprint density at radius 3 is 2.17 bits per heavy atom. The minimum Gasteiger partial charge on any atom is -0.495 e. The maximum absolute atomic E-state index is 12.6. The Morgan fingerprint density at radius 2 is 1.53 bits per heavy atom. The van der Waals surface area contributed by atoms with E-state index in [4.69, 9.17) is 17.0 Å². The van der Waals surface area contributed by atoms with Crippen LogP contribution in [0.1, 0.15) is 10.4 Å². The number of rotatable bonds is 6. The van der Waals surface area contributed by atoms with E-state index in [2.05, 4.69) is 16.0 Å². The molecule has 0 spiro atoms. The van der Waals surface area contributed by atoms with Crippen LogP contribution >= 0.6 is 12.2 Å². The Bertz CT molecular complexity index is 1020. The lowest BCUT2D eigenvalue weighted by Gasteiger charge is -2.16. The molecule has 3 N–H and O–H groups in total. The molecule has 0 heterocycles. The van der Waals surface area contributed by atoms with Crippen LogP contribution in [-0.2, 0) is 0 Å². The number of ether oxygens (including phenoxy) is 1. The fourth-order valence-electron chi connectivity index (χ4n) is 2.80. The summed E-state index contributed by atoms with van der Waals surface area (Å²) in [6.07, 6.45) is 0. The van der Waals surface area contributed by atoms with E-state index in [1.165, 1.54) is 0 Å². The van der Waals surface area contributed by atoms with Crippen LogP contribution in [0.25, 0.3) is 0 Å². The van der Waals surface area contributed by atoms with E-state index < -0.39 is 0 Å². The summed E-state index contributed by atoms with van der Waals surface area (Å²) >= 11 is 5.44. The molecule has 154 valence electrons. The first-order chi connectivity index (χ1) is 14.5. The first-order valence-corrected chi connectivity index (χ1v) is 9.77. The number of thiocarbonyl (C=S) groups is 1. The van der Waals surface area contributed by atoms with Gasteiger partial charge in [0, 0.05) is 36.7 Å². The molecule has 3 rings (SSSR count). The summed E-state index contributed by atoms with van der Waals surface area (Å²) in [5, 5.41) is 9.52. The van der Waals surface area contributed by atoms with Gasteiger partial charge >= 0.3 is 0 Å². The maximum atomic E-state index is 12.6.